The molecule has 106 valence electrons. The summed E-state index contributed by atoms with van der Waals surface area (Å²) in [7, 11) is 1.62. The smallest absolute Gasteiger partial charge is 0.186 e. The number of halogens is 2. The van der Waals surface area contributed by atoms with E-state index in [9.17, 15) is 4.39 Å². The van der Waals surface area contributed by atoms with E-state index in [1.807, 2.05) is 30.3 Å². The molecule has 2 aromatic heterocycles. The molecule has 0 unspecified atom stereocenters. The van der Waals surface area contributed by atoms with Gasteiger partial charge in [-0.3, -0.25) is 0 Å². The van der Waals surface area contributed by atoms with E-state index in [0.717, 1.165) is 15.4 Å². The normalized spacial score (nSPS) is 10.9. The third-order valence-electron chi connectivity index (χ3n) is 3.14. The molecule has 0 radical (unpaired) electrons. The fourth-order valence-electron chi connectivity index (χ4n) is 2.08. The summed E-state index contributed by atoms with van der Waals surface area (Å²) in [5.74, 6) is 0.105. The minimum Gasteiger partial charge on any atom is -0.371 e. The lowest BCUT2D eigenvalue weighted by atomic mass is 10.2. The first-order valence-corrected chi connectivity index (χ1v) is 7.17. The Bertz CT molecular complexity index is 835. The first-order valence-electron chi connectivity index (χ1n) is 6.37. The molecule has 0 saturated heterocycles. The lowest BCUT2D eigenvalue weighted by Gasteiger charge is -2.09. The zero-order valence-corrected chi connectivity index (χ0v) is 13.1. The Morgan fingerprint density at radius 3 is 2.67 bits per heavy atom. The third kappa shape index (κ3) is 2.47. The van der Waals surface area contributed by atoms with E-state index in [0.29, 0.717) is 11.5 Å². The zero-order valence-electron chi connectivity index (χ0n) is 11.5. The van der Waals surface area contributed by atoms with Crippen LogP contribution in [0.15, 0.2) is 34.8 Å². The average Bonchev–Trinajstić information content (AvgIpc) is 2.49. The average molecular weight is 347 g/mol. The molecular weight excluding hydrogens is 335 g/mol. The molecule has 0 aliphatic heterocycles. The van der Waals surface area contributed by atoms with E-state index in [1.165, 1.54) is 0 Å². The fraction of sp³-hybridized carbons (Fsp3) is 0.133. The maximum absolute atomic E-state index is 13.8. The maximum atomic E-state index is 13.8. The van der Waals surface area contributed by atoms with Crippen LogP contribution >= 0.6 is 15.9 Å². The number of para-hydroxylation sites is 1. The van der Waals surface area contributed by atoms with Crippen LogP contribution in [-0.2, 0) is 0 Å². The van der Waals surface area contributed by atoms with Gasteiger partial charge in [-0.1, -0.05) is 18.2 Å². The number of rotatable bonds is 2. The van der Waals surface area contributed by atoms with Gasteiger partial charge in [0, 0.05) is 16.9 Å². The highest BCUT2D eigenvalue weighted by Crippen LogP contribution is 2.29. The molecule has 0 saturated carbocycles. The molecule has 0 fully saturated rings. The van der Waals surface area contributed by atoms with Gasteiger partial charge in [-0.15, -0.1) is 0 Å². The van der Waals surface area contributed by atoms with Gasteiger partial charge in [0.25, 0.3) is 0 Å². The van der Waals surface area contributed by atoms with Gasteiger partial charge in [0.05, 0.1) is 11.2 Å². The quantitative estimate of drug-likeness (QED) is 0.763. The number of hydrogen-bond acceptors (Lipinski definition) is 4. The lowest BCUT2D eigenvalue weighted by Crippen LogP contribution is -2.04. The summed E-state index contributed by atoms with van der Waals surface area (Å²) in [5.41, 5.74) is 1.71. The predicted octanol–water partition coefficient (Wildman–Crippen LogP) is 3.94. The highest BCUT2D eigenvalue weighted by Gasteiger charge is 2.15. The number of benzene rings is 1. The van der Waals surface area contributed by atoms with Crippen molar-refractivity contribution in [2.45, 2.75) is 6.92 Å². The number of pyridine rings is 1. The Morgan fingerprint density at radius 2 is 1.90 bits per heavy atom. The second-order valence-electron chi connectivity index (χ2n) is 4.56. The van der Waals surface area contributed by atoms with Gasteiger partial charge in [0.2, 0.25) is 0 Å². The summed E-state index contributed by atoms with van der Waals surface area (Å²) in [6, 6.07) is 9.72. The molecule has 0 aliphatic rings. The summed E-state index contributed by atoms with van der Waals surface area (Å²) in [6.07, 6.45) is 0. The van der Waals surface area contributed by atoms with E-state index >= 15 is 0 Å². The summed E-state index contributed by atoms with van der Waals surface area (Å²) in [4.78, 5) is 13.0. The van der Waals surface area contributed by atoms with Crippen molar-refractivity contribution in [2.75, 3.05) is 12.4 Å². The zero-order chi connectivity index (χ0) is 15.0. The number of aryl methyl sites for hydroxylation is 1. The highest BCUT2D eigenvalue weighted by molar-refractivity contribution is 9.10. The molecule has 3 rings (SSSR count). The van der Waals surface area contributed by atoms with Crippen molar-refractivity contribution in [1.29, 1.82) is 0 Å². The van der Waals surface area contributed by atoms with Crippen LogP contribution in [-0.4, -0.2) is 22.0 Å². The minimum atomic E-state index is -0.446. The van der Waals surface area contributed by atoms with Crippen molar-refractivity contribution in [3.8, 4) is 11.5 Å². The van der Waals surface area contributed by atoms with Crippen LogP contribution in [0.3, 0.4) is 0 Å². The topological polar surface area (TPSA) is 50.7 Å². The maximum Gasteiger partial charge on any atom is 0.186 e. The van der Waals surface area contributed by atoms with Gasteiger partial charge in [-0.2, -0.15) is 0 Å². The first kappa shape index (κ1) is 13.9. The van der Waals surface area contributed by atoms with Gasteiger partial charge < -0.3 is 5.32 Å². The molecule has 3 aromatic rings. The van der Waals surface area contributed by atoms with Crippen molar-refractivity contribution < 1.29 is 4.39 Å². The van der Waals surface area contributed by atoms with Crippen LogP contribution in [0.1, 0.15) is 5.69 Å². The molecule has 21 heavy (non-hydrogen) atoms. The Morgan fingerprint density at radius 1 is 1.14 bits per heavy atom. The second-order valence-corrected chi connectivity index (χ2v) is 5.41. The number of hydrogen-bond donors (Lipinski definition) is 1. The molecule has 4 nitrogen and oxygen atoms in total. The largest absolute Gasteiger partial charge is 0.371 e. The number of anilines is 1. The van der Waals surface area contributed by atoms with E-state index in [1.54, 1.807) is 14.0 Å². The summed E-state index contributed by atoms with van der Waals surface area (Å²) in [6.45, 7) is 1.61. The molecule has 6 heteroatoms. The Labute approximate surface area is 129 Å². The number of aromatic nitrogens is 3. The number of nitrogens with zero attached hydrogens (tertiary/aromatic N) is 3. The fourth-order valence-corrected chi connectivity index (χ4v) is 2.59. The molecule has 1 aromatic carbocycles. The monoisotopic (exact) mass is 346 g/mol. The van der Waals surface area contributed by atoms with Gasteiger partial charge >= 0.3 is 0 Å². The van der Waals surface area contributed by atoms with Crippen LogP contribution in [0.2, 0.25) is 0 Å². The van der Waals surface area contributed by atoms with E-state index < -0.39 is 5.82 Å². The Balaban J connectivity index is 2.25. The first-order chi connectivity index (χ1) is 10.1. The number of fused-ring (bicyclic) bond motifs is 1. The molecule has 2 heterocycles. The molecule has 0 spiro atoms. The Kier molecular flexibility index (Phi) is 3.55. The van der Waals surface area contributed by atoms with Gasteiger partial charge in [-0.05, 0) is 35.0 Å². The lowest BCUT2D eigenvalue weighted by molar-refractivity contribution is 0.607. The molecule has 1 N–H and O–H groups in total. The molecular formula is C15H12BrFN4. The summed E-state index contributed by atoms with van der Waals surface area (Å²) >= 11 is 3.49. The third-order valence-corrected chi connectivity index (χ3v) is 3.75. The van der Waals surface area contributed by atoms with Crippen LogP contribution in [0.5, 0.6) is 0 Å². The van der Waals surface area contributed by atoms with Crippen molar-refractivity contribution in [3.63, 3.8) is 0 Å². The van der Waals surface area contributed by atoms with Crippen molar-refractivity contribution >= 4 is 32.7 Å². The van der Waals surface area contributed by atoms with E-state index in [-0.39, 0.29) is 11.5 Å². The molecule has 0 aliphatic carbocycles. The van der Waals surface area contributed by atoms with E-state index in [2.05, 4.69) is 36.2 Å². The SMILES string of the molecule is CNc1nc(-c2nc3ccccc3cc2Br)nc(C)c1F. The van der Waals surface area contributed by atoms with Crippen LogP contribution < -0.4 is 5.32 Å². The second kappa shape index (κ2) is 5.37. The van der Waals surface area contributed by atoms with Gasteiger partial charge in [0.15, 0.2) is 17.5 Å². The van der Waals surface area contributed by atoms with Crippen molar-refractivity contribution in [3.05, 3.63) is 46.3 Å². The predicted molar refractivity (Wildman–Crippen MR) is 84.7 cm³/mol. The van der Waals surface area contributed by atoms with Gasteiger partial charge in [-0.25, -0.2) is 19.3 Å². The summed E-state index contributed by atoms with van der Waals surface area (Å²) < 4.78 is 14.6. The molecule has 0 amide bonds. The van der Waals surface area contributed by atoms with Crippen molar-refractivity contribution in [2.24, 2.45) is 0 Å². The van der Waals surface area contributed by atoms with E-state index in [4.69, 9.17) is 0 Å². The summed E-state index contributed by atoms with van der Waals surface area (Å²) in [5, 5.41) is 3.75. The number of nitrogens with one attached hydrogen (secondary N) is 1. The standard InChI is InChI=1S/C15H12BrFN4/c1-8-12(17)14(18-2)21-15(19-8)13-10(16)7-9-5-3-4-6-11(9)20-13/h3-7H,1-2H3,(H,18,19,21). The van der Waals surface area contributed by atoms with Crippen LogP contribution in [0.25, 0.3) is 22.4 Å². The minimum absolute atomic E-state index is 0.166. The molecule has 0 bridgehead atoms. The Hall–Kier alpha value is -2.08. The van der Waals surface area contributed by atoms with Gasteiger partial charge in [0.1, 0.15) is 5.69 Å². The highest BCUT2D eigenvalue weighted by atomic mass is 79.9. The van der Waals surface area contributed by atoms with Crippen LogP contribution in [0.4, 0.5) is 10.2 Å². The van der Waals surface area contributed by atoms with Crippen molar-refractivity contribution in [1.82, 2.24) is 15.0 Å². The van der Waals surface area contributed by atoms with Crippen LogP contribution in [0, 0.1) is 12.7 Å². The molecule has 0 atom stereocenters.